The number of carbonyl (C=O) groups excluding carboxylic acids is 1. The van der Waals surface area contributed by atoms with Gasteiger partial charge in [-0.25, -0.2) is 13.8 Å². The van der Waals surface area contributed by atoms with E-state index in [9.17, 15) is 13.6 Å². The summed E-state index contributed by atoms with van der Waals surface area (Å²) < 4.78 is 38.4. The average Bonchev–Trinajstić information content (AvgIpc) is 3.39. The van der Waals surface area contributed by atoms with E-state index in [2.05, 4.69) is 9.88 Å². The van der Waals surface area contributed by atoms with Gasteiger partial charge in [0.2, 0.25) is 5.91 Å². The standard InChI is InChI=1S/C24H31F2N3O3S/c25-10-17-12-29(13-18(11-26)31-17)15-2-4-16(5-3-15)32-19-7-8-28-24-23(19)22-14(9-21(27)30)1-6-20(22)33-24/h7-8,14-18H,1-6,9-13H2,(H2,27,30)/t14-,15?,16?,17-,18-/m1/s1. The molecule has 0 bridgehead atoms. The number of nitrogens with two attached hydrogens (primary N) is 1. The molecule has 5 rings (SSSR count). The molecule has 2 aromatic heterocycles. The van der Waals surface area contributed by atoms with Crippen LogP contribution in [-0.2, 0) is 16.0 Å². The first-order valence-corrected chi connectivity index (χ1v) is 12.7. The van der Waals surface area contributed by atoms with Gasteiger partial charge in [-0.1, -0.05) is 0 Å². The molecule has 6 nitrogen and oxygen atoms in total. The molecule has 33 heavy (non-hydrogen) atoms. The summed E-state index contributed by atoms with van der Waals surface area (Å²) in [6.45, 7) is -0.108. The number of nitrogens with zero attached hydrogens (tertiary/aromatic N) is 2. The van der Waals surface area contributed by atoms with Crippen LogP contribution >= 0.6 is 11.3 Å². The van der Waals surface area contributed by atoms with E-state index >= 15 is 0 Å². The average molecular weight is 480 g/mol. The van der Waals surface area contributed by atoms with Gasteiger partial charge in [0.25, 0.3) is 0 Å². The lowest BCUT2D eigenvalue weighted by Crippen LogP contribution is -2.54. The zero-order chi connectivity index (χ0) is 22.9. The summed E-state index contributed by atoms with van der Waals surface area (Å²) in [7, 11) is 0. The van der Waals surface area contributed by atoms with Gasteiger partial charge in [-0.2, -0.15) is 0 Å². The zero-order valence-corrected chi connectivity index (χ0v) is 19.5. The van der Waals surface area contributed by atoms with E-state index < -0.39 is 25.6 Å². The Kier molecular flexibility index (Phi) is 6.81. The molecule has 0 unspecified atom stereocenters. The number of aromatic nitrogens is 1. The third kappa shape index (κ3) is 4.72. The number of halogens is 2. The van der Waals surface area contributed by atoms with Gasteiger partial charge in [-0.05, 0) is 56.1 Å². The minimum Gasteiger partial charge on any atom is -0.490 e. The number of rotatable bonds is 7. The van der Waals surface area contributed by atoms with Gasteiger partial charge in [-0.15, -0.1) is 11.3 Å². The number of pyridine rings is 1. The summed E-state index contributed by atoms with van der Waals surface area (Å²) in [6.07, 6.45) is 6.72. The molecule has 2 aliphatic carbocycles. The Morgan fingerprint density at radius 2 is 1.91 bits per heavy atom. The molecule has 3 atom stereocenters. The fourth-order valence-corrected chi connectivity index (χ4v) is 7.07. The molecule has 1 aliphatic heterocycles. The highest BCUT2D eigenvalue weighted by Gasteiger charge is 2.35. The summed E-state index contributed by atoms with van der Waals surface area (Å²) in [5.41, 5.74) is 6.71. The van der Waals surface area contributed by atoms with E-state index in [0.717, 1.165) is 54.5 Å². The Balaban J connectivity index is 1.27. The Hall–Kier alpha value is -1.84. The summed E-state index contributed by atoms with van der Waals surface area (Å²) in [6, 6.07) is 2.24. The van der Waals surface area contributed by atoms with Crippen LogP contribution < -0.4 is 10.5 Å². The number of aryl methyl sites for hydroxylation is 1. The maximum Gasteiger partial charge on any atom is 0.218 e. The fraction of sp³-hybridized carbons (Fsp3) is 0.667. The van der Waals surface area contributed by atoms with Crippen LogP contribution in [0.25, 0.3) is 10.2 Å². The number of primary amides is 1. The highest BCUT2D eigenvalue weighted by atomic mass is 32.1. The van der Waals surface area contributed by atoms with Crippen LogP contribution in [-0.4, -0.2) is 66.6 Å². The second kappa shape index (κ2) is 9.80. The van der Waals surface area contributed by atoms with Crippen LogP contribution in [0, 0.1) is 0 Å². The van der Waals surface area contributed by atoms with Crippen LogP contribution in [0.2, 0.25) is 0 Å². The van der Waals surface area contributed by atoms with Gasteiger partial charge in [0.1, 0.15) is 23.9 Å². The molecule has 1 saturated heterocycles. The van der Waals surface area contributed by atoms with E-state index in [0.29, 0.717) is 25.6 Å². The first kappa shape index (κ1) is 22.9. The summed E-state index contributed by atoms with van der Waals surface area (Å²) in [5, 5.41) is 1.05. The molecule has 1 saturated carbocycles. The van der Waals surface area contributed by atoms with Gasteiger partial charge in [-0.3, -0.25) is 9.69 Å². The molecule has 3 heterocycles. The lowest BCUT2D eigenvalue weighted by molar-refractivity contribution is -0.118. The predicted molar refractivity (Wildman–Crippen MR) is 123 cm³/mol. The zero-order valence-electron chi connectivity index (χ0n) is 18.7. The monoisotopic (exact) mass is 479 g/mol. The summed E-state index contributed by atoms with van der Waals surface area (Å²) >= 11 is 1.69. The van der Waals surface area contributed by atoms with Crippen molar-refractivity contribution >= 4 is 27.5 Å². The normalized spacial score (nSPS) is 30.4. The van der Waals surface area contributed by atoms with Crippen molar-refractivity contribution in [2.45, 2.75) is 75.2 Å². The number of ether oxygens (including phenoxy) is 2. The van der Waals surface area contributed by atoms with Crippen molar-refractivity contribution in [2.24, 2.45) is 5.73 Å². The molecule has 2 N–H and O–H groups in total. The molecule has 1 amide bonds. The first-order valence-electron chi connectivity index (χ1n) is 11.9. The fourth-order valence-electron chi connectivity index (χ4n) is 5.81. The molecule has 180 valence electrons. The topological polar surface area (TPSA) is 77.7 Å². The number of fused-ring (bicyclic) bond motifs is 3. The molecular weight excluding hydrogens is 448 g/mol. The van der Waals surface area contributed by atoms with Crippen molar-refractivity contribution < 1.29 is 23.0 Å². The van der Waals surface area contributed by atoms with Gasteiger partial charge < -0.3 is 15.2 Å². The molecule has 9 heteroatoms. The van der Waals surface area contributed by atoms with Crippen LogP contribution in [0.1, 0.15) is 54.9 Å². The molecular formula is C24H31F2N3O3S. The van der Waals surface area contributed by atoms with E-state index in [4.69, 9.17) is 15.2 Å². The molecule has 2 aromatic rings. The van der Waals surface area contributed by atoms with Crippen LogP contribution in [0.5, 0.6) is 5.75 Å². The number of carbonyl (C=O) groups is 1. The third-order valence-electron chi connectivity index (χ3n) is 7.30. The summed E-state index contributed by atoms with van der Waals surface area (Å²) in [5.74, 6) is 0.713. The number of hydrogen-bond donors (Lipinski definition) is 1. The molecule has 0 aromatic carbocycles. The smallest absolute Gasteiger partial charge is 0.218 e. The van der Waals surface area contributed by atoms with Gasteiger partial charge >= 0.3 is 0 Å². The van der Waals surface area contributed by atoms with Gasteiger partial charge in [0.15, 0.2) is 0 Å². The van der Waals surface area contributed by atoms with Crippen LogP contribution in [0.3, 0.4) is 0 Å². The van der Waals surface area contributed by atoms with Crippen molar-refractivity contribution in [1.82, 2.24) is 9.88 Å². The first-order chi connectivity index (χ1) is 16.1. The minimum absolute atomic E-state index is 0.0911. The van der Waals surface area contributed by atoms with Gasteiger partial charge in [0.05, 0.1) is 23.7 Å². The summed E-state index contributed by atoms with van der Waals surface area (Å²) in [4.78, 5) is 20.6. The number of morpholine rings is 1. The SMILES string of the molecule is NC(=O)C[C@H]1CCc2sc3nccc(OC4CCC(N5C[C@@H](CF)O[C@H](CF)C5)CC4)c3c21. The van der Waals surface area contributed by atoms with E-state index in [1.807, 2.05) is 6.07 Å². The maximum atomic E-state index is 13.2. The minimum atomic E-state index is -0.578. The highest BCUT2D eigenvalue weighted by molar-refractivity contribution is 7.19. The Labute approximate surface area is 196 Å². The molecule has 2 fully saturated rings. The maximum absolute atomic E-state index is 13.2. The number of thiophene rings is 1. The van der Waals surface area contributed by atoms with Crippen molar-refractivity contribution in [3.63, 3.8) is 0 Å². The second-order valence-corrected chi connectivity index (χ2v) is 10.6. The number of amides is 1. The Morgan fingerprint density at radius 3 is 2.58 bits per heavy atom. The van der Waals surface area contributed by atoms with Crippen molar-refractivity contribution in [3.05, 3.63) is 22.7 Å². The van der Waals surface area contributed by atoms with E-state index in [1.54, 1.807) is 17.5 Å². The number of hydrogen-bond acceptors (Lipinski definition) is 6. The quantitative estimate of drug-likeness (QED) is 0.652. The van der Waals surface area contributed by atoms with Crippen LogP contribution in [0.4, 0.5) is 8.78 Å². The third-order valence-corrected chi connectivity index (χ3v) is 8.48. The van der Waals surface area contributed by atoms with E-state index in [1.165, 1.54) is 10.4 Å². The predicted octanol–water partition coefficient (Wildman–Crippen LogP) is 3.90. The lowest BCUT2D eigenvalue weighted by atomic mass is 9.91. The largest absolute Gasteiger partial charge is 0.490 e. The van der Waals surface area contributed by atoms with Crippen molar-refractivity contribution in [2.75, 3.05) is 26.4 Å². The molecule has 0 radical (unpaired) electrons. The van der Waals surface area contributed by atoms with Crippen molar-refractivity contribution in [1.29, 1.82) is 0 Å². The van der Waals surface area contributed by atoms with Crippen molar-refractivity contribution in [3.8, 4) is 5.75 Å². The lowest BCUT2D eigenvalue weighted by Gasteiger charge is -2.43. The van der Waals surface area contributed by atoms with Gasteiger partial charge in [0, 0.05) is 36.6 Å². The Bertz CT molecular complexity index is 983. The van der Waals surface area contributed by atoms with E-state index in [-0.39, 0.29) is 17.9 Å². The highest BCUT2D eigenvalue weighted by Crippen LogP contribution is 2.48. The Morgan fingerprint density at radius 1 is 1.18 bits per heavy atom. The number of alkyl halides is 2. The molecule has 3 aliphatic rings. The second-order valence-electron chi connectivity index (χ2n) is 9.53. The molecule has 0 spiro atoms. The van der Waals surface area contributed by atoms with Crippen LogP contribution in [0.15, 0.2) is 12.3 Å².